The lowest BCUT2D eigenvalue weighted by molar-refractivity contribution is -0.150. The standard InChI is InChI=1S/C28H33FN4O8/c1-11(2)31-21-14-8-12-7-13-15(29)9-16(32-17(34)10-33-5-3-4-6-33)22(35)19(13)23(36)18(12)25(38)28(14,41)26(39)20(24(21)37)27(30)40/h9,11-12,14,21,31,35-36,39,41H,3-8,10H2,1-2H3,(H2,30,40)(H,32,34)/t12-,14-,21+,28-/m0/s1. The van der Waals surface area contributed by atoms with Gasteiger partial charge in [-0.1, -0.05) is 13.8 Å². The Balaban J connectivity index is 1.59. The minimum absolute atomic E-state index is 0.0261. The first kappa shape index (κ1) is 28.7. The summed E-state index contributed by atoms with van der Waals surface area (Å²) >= 11 is 0. The number of Topliss-reactive ketones (excluding diaryl/α,β-unsaturated/α-hetero) is 2. The number of aliphatic hydroxyl groups is 3. The number of aliphatic hydroxyl groups excluding tert-OH is 2. The van der Waals surface area contributed by atoms with Crippen LogP contribution in [0.4, 0.5) is 10.1 Å². The fraction of sp³-hybridized carbons (Fsp3) is 0.500. The zero-order chi connectivity index (χ0) is 30.0. The van der Waals surface area contributed by atoms with E-state index in [1.54, 1.807) is 13.8 Å². The molecular weight excluding hydrogens is 539 g/mol. The topological polar surface area (TPSA) is 203 Å². The van der Waals surface area contributed by atoms with Gasteiger partial charge in [0.05, 0.1) is 23.8 Å². The van der Waals surface area contributed by atoms with Gasteiger partial charge in [0, 0.05) is 29.2 Å². The Morgan fingerprint density at radius 3 is 2.46 bits per heavy atom. The molecule has 0 bridgehead atoms. The fourth-order valence-corrected chi connectivity index (χ4v) is 6.68. The van der Waals surface area contributed by atoms with Gasteiger partial charge >= 0.3 is 0 Å². The van der Waals surface area contributed by atoms with E-state index in [0.717, 1.165) is 32.0 Å². The highest BCUT2D eigenvalue weighted by Gasteiger charge is 2.63. The smallest absolute Gasteiger partial charge is 0.255 e. The van der Waals surface area contributed by atoms with Crippen molar-refractivity contribution in [2.24, 2.45) is 17.6 Å². The van der Waals surface area contributed by atoms with Crippen LogP contribution >= 0.6 is 0 Å². The molecule has 5 rings (SSSR count). The molecule has 41 heavy (non-hydrogen) atoms. The van der Waals surface area contributed by atoms with Crippen molar-refractivity contribution < 1.29 is 44.0 Å². The molecule has 1 aromatic rings. The van der Waals surface area contributed by atoms with Gasteiger partial charge in [0.15, 0.2) is 17.1 Å². The van der Waals surface area contributed by atoms with E-state index in [2.05, 4.69) is 10.6 Å². The molecule has 0 aromatic heterocycles. The Hall–Kier alpha value is -3.81. The number of rotatable bonds is 6. The third-order valence-electron chi connectivity index (χ3n) is 8.50. The quantitative estimate of drug-likeness (QED) is 0.187. The van der Waals surface area contributed by atoms with E-state index < -0.39 is 86.7 Å². The number of halogens is 1. The molecule has 4 atom stereocenters. The number of primary amides is 1. The molecule has 2 amide bonds. The van der Waals surface area contributed by atoms with Gasteiger partial charge in [0.25, 0.3) is 5.91 Å². The summed E-state index contributed by atoms with van der Waals surface area (Å²) in [5.74, 6) is -9.69. The Bertz CT molecular complexity index is 1430. The molecular formula is C28H33FN4O8. The number of ketones is 2. The Morgan fingerprint density at radius 1 is 1.20 bits per heavy atom. The Labute approximate surface area is 234 Å². The second-order valence-electron chi connectivity index (χ2n) is 11.5. The number of phenols is 1. The van der Waals surface area contributed by atoms with Crippen LogP contribution in [-0.4, -0.2) is 86.0 Å². The minimum atomic E-state index is -2.81. The van der Waals surface area contributed by atoms with Crippen molar-refractivity contribution in [3.8, 4) is 5.75 Å². The first-order chi connectivity index (χ1) is 19.3. The van der Waals surface area contributed by atoms with E-state index in [4.69, 9.17) is 5.73 Å². The number of nitrogens with zero attached hydrogens (tertiary/aromatic N) is 1. The molecule has 1 saturated heterocycles. The van der Waals surface area contributed by atoms with Crippen LogP contribution in [0.3, 0.4) is 0 Å². The van der Waals surface area contributed by atoms with Crippen LogP contribution in [0, 0.1) is 17.7 Å². The average Bonchev–Trinajstić information content (AvgIpc) is 3.39. The van der Waals surface area contributed by atoms with Crippen LogP contribution in [0.5, 0.6) is 5.75 Å². The molecule has 13 heteroatoms. The van der Waals surface area contributed by atoms with Crippen molar-refractivity contribution in [1.29, 1.82) is 0 Å². The summed E-state index contributed by atoms with van der Waals surface area (Å²) in [6.45, 7) is 4.89. The van der Waals surface area contributed by atoms with Crippen LogP contribution < -0.4 is 16.4 Å². The molecule has 1 heterocycles. The van der Waals surface area contributed by atoms with Gasteiger partial charge in [-0.25, -0.2) is 4.39 Å². The second-order valence-corrected chi connectivity index (χ2v) is 11.5. The minimum Gasteiger partial charge on any atom is -0.508 e. The van der Waals surface area contributed by atoms with Crippen molar-refractivity contribution in [2.45, 2.75) is 57.2 Å². The van der Waals surface area contributed by atoms with E-state index in [-0.39, 0.29) is 36.7 Å². The summed E-state index contributed by atoms with van der Waals surface area (Å²) in [5, 5.41) is 50.3. The zero-order valence-electron chi connectivity index (χ0n) is 22.7. The monoisotopic (exact) mass is 572 g/mol. The predicted octanol–water partition coefficient (Wildman–Crippen LogP) is 0.574. The van der Waals surface area contributed by atoms with Gasteiger partial charge < -0.3 is 36.8 Å². The average molecular weight is 573 g/mol. The van der Waals surface area contributed by atoms with Gasteiger partial charge in [-0.15, -0.1) is 0 Å². The SMILES string of the molecule is CC(C)N[C@H]1C(=O)C(C(N)=O)=C(O)[C@@]2(O)C(=O)C3=C(O)c4c(O)c(NC(=O)CN5CCCC5)cc(F)c4C[C@H]3C[C@@H]12. The maximum absolute atomic E-state index is 15.4. The summed E-state index contributed by atoms with van der Waals surface area (Å²) in [5.41, 5.74) is 0.347. The van der Waals surface area contributed by atoms with Crippen LogP contribution in [0.1, 0.15) is 44.2 Å². The summed E-state index contributed by atoms with van der Waals surface area (Å²) in [6.07, 6.45) is 1.54. The van der Waals surface area contributed by atoms with Crippen molar-refractivity contribution in [3.05, 3.63) is 39.9 Å². The number of amides is 2. The maximum Gasteiger partial charge on any atom is 0.255 e. The maximum atomic E-state index is 15.4. The number of phenolic OH excluding ortho intramolecular Hbond substituents is 1. The summed E-state index contributed by atoms with van der Waals surface area (Å²) in [6, 6.07) is -0.696. The van der Waals surface area contributed by atoms with Gasteiger partial charge in [0.1, 0.15) is 22.9 Å². The van der Waals surface area contributed by atoms with Gasteiger partial charge in [-0.2, -0.15) is 0 Å². The lowest BCUT2D eigenvalue weighted by atomic mass is 9.57. The molecule has 220 valence electrons. The van der Waals surface area contributed by atoms with E-state index in [1.807, 2.05) is 4.90 Å². The molecule has 1 aromatic carbocycles. The van der Waals surface area contributed by atoms with Gasteiger partial charge in [-0.05, 0) is 44.7 Å². The molecule has 3 aliphatic carbocycles. The lowest BCUT2D eigenvalue weighted by Crippen LogP contribution is -2.66. The first-order valence-corrected chi connectivity index (χ1v) is 13.6. The molecule has 0 spiro atoms. The largest absolute Gasteiger partial charge is 0.508 e. The molecule has 8 N–H and O–H groups in total. The fourth-order valence-electron chi connectivity index (χ4n) is 6.68. The first-order valence-electron chi connectivity index (χ1n) is 13.6. The van der Waals surface area contributed by atoms with E-state index >= 15 is 4.39 Å². The highest BCUT2D eigenvalue weighted by molar-refractivity contribution is 6.24. The van der Waals surface area contributed by atoms with Crippen LogP contribution in [0.15, 0.2) is 23.0 Å². The number of hydrogen-bond acceptors (Lipinski definition) is 10. The number of carbonyl (C=O) groups excluding carboxylic acids is 4. The van der Waals surface area contributed by atoms with Crippen molar-refractivity contribution in [3.63, 3.8) is 0 Å². The van der Waals surface area contributed by atoms with Crippen LogP contribution in [0.2, 0.25) is 0 Å². The molecule has 0 radical (unpaired) electrons. The van der Waals surface area contributed by atoms with E-state index in [0.29, 0.717) is 0 Å². The van der Waals surface area contributed by atoms with E-state index in [9.17, 15) is 39.6 Å². The van der Waals surface area contributed by atoms with Gasteiger partial charge in [-0.3, -0.25) is 24.1 Å². The molecule has 4 aliphatic rings. The van der Waals surface area contributed by atoms with Gasteiger partial charge in [0.2, 0.25) is 11.7 Å². The van der Waals surface area contributed by atoms with Crippen molar-refractivity contribution >= 4 is 34.8 Å². The summed E-state index contributed by atoms with van der Waals surface area (Å²) in [7, 11) is 0. The Morgan fingerprint density at radius 2 is 1.85 bits per heavy atom. The molecule has 1 aliphatic heterocycles. The molecule has 1 saturated carbocycles. The number of fused-ring (bicyclic) bond motifs is 3. The van der Waals surface area contributed by atoms with Crippen molar-refractivity contribution in [1.82, 2.24) is 10.2 Å². The number of nitrogens with two attached hydrogens (primary N) is 1. The third-order valence-corrected chi connectivity index (χ3v) is 8.50. The molecule has 12 nitrogen and oxygen atoms in total. The number of carbonyl (C=O) groups is 4. The molecule has 2 fully saturated rings. The summed E-state index contributed by atoms with van der Waals surface area (Å²) in [4.78, 5) is 53.7. The highest BCUT2D eigenvalue weighted by Crippen LogP contribution is 2.53. The number of likely N-dealkylation sites (tertiary alicyclic amines) is 1. The lowest BCUT2D eigenvalue weighted by Gasteiger charge is -2.49. The predicted molar refractivity (Wildman–Crippen MR) is 143 cm³/mol. The number of anilines is 1. The molecule has 0 unspecified atom stereocenters. The van der Waals surface area contributed by atoms with Crippen LogP contribution in [-0.2, 0) is 25.6 Å². The summed E-state index contributed by atoms with van der Waals surface area (Å²) < 4.78 is 15.4. The van der Waals surface area contributed by atoms with Crippen LogP contribution in [0.25, 0.3) is 5.76 Å². The second kappa shape index (κ2) is 10.2. The normalized spacial score (nSPS) is 28.1. The Kier molecular flexibility index (Phi) is 7.16. The van der Waals surface area contributed by atoms with Crippen molar-refractivity contribution in [2.75, 3.05) is 25.0 Å². The zero-order valence-corrected chi connectivity index (χ0v) is 22.7. The number of benzene rings is 1. The number of nitrogens with one attached hydrogen (secondary N) is 2. The highest BCUT2D eigenvalue weighted by atomic mass is 19.1. The van der Waals surface area contributed by atoms with E-state index in [1.165, 1.54) is 0 Å². The third kappa shape index (κ3) is 4.48. The number of aromatic hydroxyl groups is 1. The number of hydrogen-bond donors (Lipinski definition) is 7.